The van der Waals surface area contributed by atoms with Crippen molar-refractivity contribution < 1.29 is 9.90 Å². The second-order valence-electron chi connectivity index (χ2n) is 5.97. The Bertz CT molecular complexity index is 289. The highest BCUT2D eigenvalue weighted by molar-refractivity contribution is 7.98. The van der Waals surface area contributed by atoms with Gasteiger partial charge >= 0.3 is 0 Å². The van der Waals surface area contributed by atoms with E-state index in [4.69, 9.17) is 0 Å². The summed E-state index contributed by atoms with van der Waals surface area (Å²) in [5.41, 5.74) is -0.859. The summed E-state index contributed by atoms with van der Waals surface area (Å²) in [4.78, 5) is 12.1. The van der Waals surface area contributed by atoms with Crippen molar-refractivity contribution in [2.75, 3.05) is 25.6 Å². The Labute approximate surface area is 121 Å². The van der Waals surface area contributed by atoms with Crippen LogP contribution in [-0.4, -0.2) is 47.8 Å². The number of carbonyl (C=O) groups excluding carboxylic acids is 1. The summed E-state index contributed by atoms with van der Waals surface area (Å²) >= 11 is 1.59. The summed E-state index contributed by atoms with van der Waals surface area (Å²) in [5, 5.41) is 16.3. The summed E-state index contributed by atoms with van der Waals surface area (Å²) in [7, 11) is 1.95. The summed E-state index contributed by atoms with van der Waals surface area (Å²) < 4.78 is 0. The van der Waals surface area contributed by atoms with Crippen LogP contribution in [0.1, 0.15) is 45.4 Å². The lowest BCUT2D eigenvalue weighted by Gasteiger charge is -2.37. The number of amides is 1. The van der Waals surface area contributed by atoms with Crippen LogP contribution in [0.15, 0.2) is 0 Å². The maximum Gasteiger partial charge on any atom is 0.221 e. The van der Waals surface area contributed by atoms with E-state index in [0.717, 1.165) is 12.8 Å². The van der Waals surface area contributed by atoms with E-state index in [1.165, 1.54) is 19.3 Å². The quantitative estimate of drug-likeness (QED) is 0.665. The largest absolute Gasteiger partial charge is 0.387 e. The Morgan fingerprint density at radius 1 is 1.37 bits per heavy atom. The first-order valence-corrected chi connectivity index (χ1v) is 8.49. The van der Waals surface area contributed by atoms with Gasteiger partial charge in [0.05, 0.1) is 5.60 Å². The monoisotopic (exact) mass is 288 g/mol. The topological polar surface area (TPSA) is 61.4 Å². The molecule has 1 aliphatic carbocycles. The molecule has 1 rings (SSSR count). The molecule has 0 heterocycles. The van der Waals surface area contributed by atoms with Crippen molar-refractivity contribution in [2.24, 2.45) is 0 Å². The molecule has 112 valence electrons. The van der Waals surface area contributed by atoms with Gasteiger partial charge in [-0.3, -0.25) is 4.79 Å². The van der Waals surface area contributed by atoms with E-state index in [2.05, 4.69) is 10.6 Å². The van der Waals surface area contributed by atoms with Crippen LogP contribution in [0.4, 0.5) is 0 Å². The van der Waals surface area contributed by atoms with Crippen molar-refractivity contribution >= 4 is 17.7 Å². The molecule has 0 saturated heterocycles. The summed E-state index contributed by atoms with van der Waals surface area (Å²) in [5.74, 6) is 0.669. The number of nitrogens with one attached hydrogen (secondary N) is 2. The van der Waals surface area contributed by atoms with Crippen LogP contribution in [0.2, 0.25) is 0 Å². The Balaban J connectivity index is 2.41. The van der Waals surface area contributed by atoms with E-state index in [-0.39, 0.29) is 11.4 Å². The maximum absolute atomic E-state index is 12.1. The lowest BCUT2D eigenvalue weighted by Crippen LogP contribution is -2.50. The number of hydrogen-bond donors (Lipinski definition) is 3. The number of rotatable bonds is 7. The Morgan fingerprint density at radius 2 is 2.00 bits per heavy atom. The maximum atomic E-state index is 12.1. The van der Waals surface area contributed by atoms with Gasteiger partial charge in [0.2, 0.25) is 5.91 Å². The molecule has 1 atom stereocenters. The number of hydrogen-bond acceptors (Lipinski definition) is 4. The van der Waals surface area contributed by atoms with Gasteiger partial charge in [0, 0.05) is 24.3 Å². The summed E-state index contributed by atoms with van der Waals surface area (Å²) in [6.45, 7) is 2.09. The van der Waals surface area contributed by atoms with E-state index in [0.29, 0.717) is 18.7 Å². The molecule has 4 nitrogen and oxygen atoms in total. The lowest BCUT2D eigenvalue weighted by atomic mass is 9.79. The third-order valence-electron chi connectivity index (χ3n) is 3.96. The third kappa shape index (κ3) is 5.71. The molecule has 19 heavy (non-hydrogen) atoms. The highest BCUT2D eigenvalue weighted by Gasteiger charge is 2.33. The van der Waals surface area contributed by atoms with Gasteiger partial charge in [0.15, 0.2) is 0 Å². The molecule has 0 aromatic rings. The van der Waals surface area contributed by atoms with E-state index < -0.39 is 5.60 Å². The molecular formula is C14H28N2O2S. The molecular weight excluding hydrogens is 260 g/mol. The first kappa shape index (κ1) is 16.8. The normalized spacial score (nSPS) is 21.7. The van der Waals surface area contributed by atoms with Gasteiger partial charge in [0.25, 0.3) is 0 Å². The first-order valence-electron chi connectivity index (χ1n) is 7.10. The van der Waals surface area contributed by atoms with Crippen LogP contribution in [0.5, 0.6) is 0 Å². The third-order valence-corrected chi connectivity index (χ3v) is 4.87. The number of carbonyl (C=O) groups is 1. The van der Waals surface area contributed by atoms with Crippen LogP contribution in [0, 0.1) is 0 Å². The van der Waals surface area contributed by atoms with Gasteiger partial charge in [-0.25, -0.2) is 0 Å². The second kappa shape index (κ2) is 7.50. The fourth-order valence-corrected chi connectivity index (χ4v) is 3.49. The minimum absolute atomic E-state index is 0.0340. The van der Waals surface area contributed by atoms with Crippen molar-refractivity contribution in [3.63, 3.8) is 0 Å². The van der Waals surface area contributed by atoms with Gasteiger partial charge in [-0.2, -0.15) is 11.8 Å². The fraction of sp³-hybridized carbons (Fsp3) is 0.929. The smallest absolute Gasteiger partial charge is 0.221 e. The van der Waals surface area contributed by atoms with Crippen LogP contribution < -0.4 is 10.6 Å². The van der Waals surface area contributed by atoms with E-state index >= 15 is 0 Å². The summed E-state index contributed by atoms with van der Waals surface area (Å²) in [6.07, 6.45) is 8.26. The van der Waals surface area contributed by atoms with Crippen LogP contribution >= 0.6 is 11.8 Å². The SMILES string of the molecule is CNC1(CC(=O)NCC(C)(O)CSC)CCCCC1. The molecule has 0 bridgehead atoms. The second-order valence-corrected chi connectivity index (χ2v) is 6.84. The molecule has 0 aliphatic heterocycles. The van der Waals surface area contributed by atoms with Crippen LogP contribution in [0.25, 0.3) is 0 Å². The predicted octanol–water partition coefficient (Wildman–Crippen LogP) is 1.53. The highest BCUT2D eigenvalue weighted by atomic mass is 32.2. The van der Waals surface area contributed by atoms with Crippen molar-refractivity contribution in [3.05, 3.63) is 0 Å². The summed E-state index contributed by atoms with van der Waals surface area (Å²) in [6, 6.07) is 0. The Morgan fingerprint density at radius 3 is 2.53 bits per heavy atom. The molecule has 1 unspecified atom stereocenters. The highest BCUT2D eigenvalue weighted by Crippen LogP contribution is 2.30. The molecule has 0 radical (unpaired) electrons. The van der Waals surface area contributed by atoms with Crippen LogP contribution in [0.3, 0.4) is 0 Å². The van der Waals surface area contributed by atoms with E-state index in [1.807, 2.05) is 13.3 Å². The van der Waals surface area contributed by atoms with Crippen molar-refractivity contribution in [1.82, 2.24) is 10.6 Å². The van der Waals surface area contributed by atoms with Gasteiger partial charge in [0.1, 0.15) is 0 Å². The molecule has 0 spiro atoms. The Kier molecular flexibility index (Phi) is 6.63. The Hall–Kier alpha value is -0.260. The molecule has 1 saturated carbocycles. The van der Waals surface area contributed by atoms with Crippen LogP contribution in [-0.2, 0) is 4.79 Å². The molecule has 3 N–H and O–H groups in total. The van der Waals surface area contributed by atoms with Gasteiger partial charge in [-0.15, -0.1) is 0 Å². The molecule has 0 aromatic heterocycles. The van der Waals surface area contributed by atoms with Crippen molar-refractivity contribution in [1.29, 1.82) is 0 Å². The van der Waals surface area contributed by atoms with Crippen molar-refractivity contribution in [3.8, 4) is 0 Å². The average molecular weight is 288 g/mol. The molecule has 5 heteroatoms. The minimum Gasteiger partial charge on any atom is -0.387 e. The molecule has 1 amide bonds. The van der Waals surface area contributed by atoms with Gasteiger partial charge < -0.3 is 15.7 Å². The van der Waals surface area contributed by atoms with Gasteiger partial charge in [-0.1, -0.05) is 19.3 Å². The number of aliphatic hydroxyl groups is 1. The standard InChI is InChI=1S/C14H28N2O2S/c1-13(18,11-19-3)10-16-12(17)9-14(15-2)7-5-4-6-8-14/h15,18H,4-11H2,1-3H3,(H,16,17). The van der Waals surface area contributed by atoms with Crippen molar-refractivity contribution in [2.45, 2.75) is 56.6 Å². The van der Waals surface area contributed by atoms with Gasteiger partial charge in [-0.05, 0) is 33.1 Å². The average Bonchev–Trinajstić information content (AvgIpc) is 2.38. The molecule has 0 aromatic carbocycles. The zero-order chi connectivity index (χ0) is 14.4. The molecule has 1 aliphatic rings. The zero-order valence-corrected chi connectivity index (χ0v) is 13.2. The zero-order valence-electron chi connectivity index (χ0n) is 12.4. The fourth-order valence-electron chi connectivity index (χ4n) is 2.76. The predicted molar refractivity (Wildman–Crippen MR) is 81.5 cm³/mol. The van der Waals surface area contributed by atoms with E-state index in [1.54, 1.807) is 18.7 Å². The lowest BCUT2D eigenvalue weighted by molar-refractivity contribution is -0.123. The minimum atomic E-state index is -0.825. The number of thioether (sulfide) groups is 1. The molecule has 1 fully saturated rings. The van der Waals surface area contributed by atoms with E-state index in [9.17, 15) is 9.90 Å². The first-order chi connectivity index (χ1) is 8.93.